The fraction of sp³-hybridized carbons (Fsp3) is 0.240. The van der Waals surface area contributed by atoms with Crippen molar-refractivity contribution in [2.45, 2.75) is 37.0 Å². The van der Waals surface area contributed by atoms with E-state index >= 15 is 0 Å². The lowest BCUT2D eigenvalue weighted by Crippen LogP contribution is -2.34. The maximum atomic E-state index is 13.6. The topological polar surface area (TPSA) is 68.3 Å². The van der Waals surface area contributed by atoms with Crippen LogP contribution < -0.4 is 5.43 Å². The molecule has 1 aliphatic heterocycles. The third-order valence-electron chi connectivity index (χ3n) is 5.78. The van der Waals surface area contributed by atoms with Gasteiger partial charge in [0.2, 0.25) is 0 Å². The van der Waals surface area contributed by atoms with Crippen LogP contribution in [0.4, 0.5) is 0 Å². The number of thiophene rings is 1. The highest BCUT2D eigenvalue weighted by Gasteiger charge is 2.30. The van der Waals surface area contributed by atoms with Crippen molar-refractivity contribution >= 4 is 29.0 Å². The van der Waals surface area contributed by atoms with E-state index < -0.39 is 0 Å². The van der Waals surface area contributed by atoms with E-state index in [-0.39, 0.29) is 28.7 Å². The van der Waals surface area contributed by atoms with Crippen molar-refractivity contribution in [1.82, 2.24) is 14.6 Å². The Balaban J connectivity index is 1.68. The summed E-state index contributed by atoms with van der Waals surface area (Å²) in [6, 6.07) is 15.8. The molecular formula is C25H23N3O3S2. The summed E-state index contributed by atoms with van der Waals surface area (Å²) in [4.78, 5) is 32.0. The maximum absolute atomic E-state index is 13.6. The second-order valence-electron chi connectivity index (χ2n) is 8.19. The molecule has 1 aromatic carbocycles. The van der Waals surface area contributed by atoms with E-state index in [0.29, 0.717) is 12.1 Å². The van der Waals surface area contributed by atoms with Gasteiger partial charge >= 0.3 is 0 Å². The number of pyridine rings is 1. The number of fused-ring (bicyclic) bond motifs is 3. The SMILES string of the molecule is Cc1ccc([C@@H]2Cc3c(C(=O)N(C)Cc4ccon4)c(=O)cc(C)n3-c3ccccc3S2)s1. The van der Waals surface area contributed by atoms with Crippen LogP contribution in [0.5, 0.6) is 0 Å². The van der Waals surface area contributed by atoms with Crippen molar-refractivity contribution in [3.05, 3.63) is 97.4 Å². The molecule has 8 heteroatoms. The first-order chi connectivity index (χ1) is 15.9. The van der Waals surface area contributed by atoms with E-state index in [1.165, 1.54) is 20.9 Å². The summed E-state index contributed by atoms with van der Waals surface area (Å²) in [5.74, 6) is -0.308. The van der Waals surface area contributed by atoms with E-state index in [1.54, 1.807) is 42.3 Å². The van der Waals surface area contributed by atoms with Gasteiger partial charge in [-0.25, -0.2) is 0 Å². The molecule has 168 valence electrons. The van der Waals surface area contributed by atoms with Gasteiger partial charge in [0.25, 0.3) is 5.91 Å². The van der Waals surface area contributed by atoms with Crippen LogP contribution in [0.3, 0.4) is 0 Å². The predicted octanol–water partition coefficient (Wildman–Crippen LogP) is 5.17. The van der Waals surface area contributed by atoms with Crippen molar-refractivity contribution in [1.29, 1.82) is 0 Å². The summed E-state index contributed by atoms with van der Waals surface area (Å²) in [5.41, 5.74) is 3.19. The standard InChI is InChI=1S/C25H23N3O3S2/c1-15-12-20(29)24(25(30)27(3)14-17-10-11-31-26-17)19-13-23(22-9-8-16(2)32-22)33-21-7-5-4-6-18(21)28(15)19/h4-12,23H,13-14H2,1-3H3/t23-/m0/s1. The third kappa shape index (κ3) is 4.05. The highest BCUT2D eigenvalue weighted by atomic mass is 32.2. The average Bonchev–Trinajstić information content (AvgIpc) is 3.41. The molecule has 1 aliphatic rings. The molecule has 0 unspecified atom stereocenters. The smallest absolute Gasteiger partial charge is 0.259 e. The Labute approximate surface area is 199 Å². The summed E-state index contributed by atoms with van der Waals surface area (Å²) in [6.07, 6.45) is 2.05. The summed E-state index contributed by atoms with van der Waals surface area (Å²) in [6.45, 7) is 4.29. The lowest BCUT2D eigenvalue weighted by molar-refractivity contribution is 0.0779. The molecule has 0 N–H and O–H groups in total. The van der Waals surface area contributed by atoms with Crippen LogP contribution in [-0.2, 0) is 13.0 Å². The Bertz CT molecular complexity index is 1390. The highest BCUT2D eigenvalue weighted by molar-refractivity contribution is 7.99. The molecule has 1 amide bonds. The van der Waals surface area contributed by atoms with E-state index in [1.807, 2.05) is 19.1 Å². The number of rotatable bonds is 4. The maximum Gasteiger partial charge on any atom is 0.259 e. The average molecular weight is 478 g/mol. The number of thioether (sulfide) groups is 1. The van der Waals surface area contributed by atoms with Crippen LogP contribution in [0, 0.1) is 13.8 Å². The van der Waals surface area contributed by atoms with Gasteiger partial charge in [0.15, 0.2) is 5.43 Å². The largest absolute Gasteiger partial charge is 0.364 e. The van der Waals surface area contributed by atoms with Crippen LogP contribution in [0.15, 0.2) is 69.0 Å². The minimum Gasteiger partial charge on any atom is -0.364 e. The molecule has 0 fully saturated rings. The van der Waals surface area contributed by atoms with Gasteiger partial charge in [0, 0.05) is 56.9 Å². The van der Waals surface area contributed by atoms with E-state index in [4.69, 9.17) is 4.52 Å². The molecule has 5 rings (SSSR count). The number of hydrogen-bond acceptors (Lipinski definition) is 6. The Morgan fingerprint density at radius 1 is 1.21 bits per heavy atom. The Morgan fingerprint density at radius 3 is 2.76 bits per heavy atom. The molecule has 4 aromatic rings. The number of nitrogens with zero attached hydrogens (tertiary/aromatic N) is 3. The molecular weight excluding hydrogens is 454 g/mol. The van der Waals surface area contributed by atoms with E-state index in [9.17, 15) is 9.59 Å². The molecule has 3 aromatic heterocycles. The zero-order chi connectivity index (χ0) is 23.1. The van der Waals surface area contributed by atoms with Crippen LogP contribution >= 0.6 is 23.1 Å². The Morgan fingerprint density at radius 2 is 2.03 bits per heavy atom. The molecule has 6 nitrogen and oxygen atoms in total. The molecule has 4 heterocycles. The van der Waals surface area contributed by atoms with Crippen LogP contribution in [-0.4, -0.2) is 27.6 Å². The van der Waals surface area contributed by atoms with E-state index in [2.05, 4.69) is 40.9 Å². The third-order valence-corrected chi connectivity index (χ3v) is 8.35. The van der Waals surface area contributed by atoms with Gasteiger partial charge in [-0.2, -0.15) is 0 Å². The first-order valence-corrected chi connectivity index (χ1v) is 12.3. The van der Waals surface area contributed by atoms with Crippen molar-refractivity contribution in [3.8, 4) is 5.69 Å². The quantitative estimate of drug-likeness (QED) is 0.406. The van der Waals surface area contributed by atoms with Crippen molar-refractivity contribution < 1.29 is 9.32 Å². The summed E-state index contributed by atoms with van der Waals surface area (Å²) in [7, 11) is 1.69. The normalized spacial score (nSPS) is 14.9. The Kier molecular flexibility index (Phi) is 5.72. The number of para-hydroxylation sites is 1. The molecule has 0 spiro atoms. The number of carbonyl (C=O) groups is 1. The van der Waals surface area contributed by atoms with E-state index in [0.717, 1.165) is 22.0 Å². The molecule has 1 atom stereocenters. The number of hydrogen-bond donors (Lipinski definition) is 0. The second-order valence-corrected chi connectivity index (χ2v) is 10.7. The predicted molar refractivity (Wildman–Crippen MR) is 130 cm³/mol. The lowest BCUT2D eigenvalue weighted by Gasteiger charge is -2.22. The van der Waals surface area contributed by atoms with Gasteiger partial charge in [0.1, 0.15) is 17.5 Å². The number of carbonyl (C=O) groups excluding carboxylic acids is 1. The number of aromatic nitrogens is 2. The lowest BCUT2D eigenvalue weighted by atomic mass is 10.0. The molecule has 0 saturated carbocycles. The van der Waals surface area contributed by atoms with Crippen LogP contribution in [0.2, 0.25) is 0 Å². The first kappa shape index (κ1) is 21.7. The fourth-order valence-electron chi connectivity index (χ4n) is 4.27. The van der Waals surface area contributed by atoms with Gasteiger partial charge in [-0.05, 0) is 38.1 Å². The van der Waals surface area contributed by atoms with Gasteiger partial charge < -0.3 is 14.0 Å². The van der Waals surface area contributed by atoms with Gasteiger partial charge in [-0.1, -0.05) is 17.3 Å². The minimum atomic E-state index is -0.308. The molecule has 0 radical (unpaired) electrons. The number of benzene rings is 1. The zero-order valence-corrected chi connectivity index (χ0v) is 20.2. The van der Waals surface area contributed by atoms with Gasteiger partial charge in [-0.3, -0.25) is 9.59 Å². The van der Waals surface area contributed by atoms with Crippen LogP contribution in [0.1, 0.15) is 42.4 Å². The van der Waals surface area contributed by atoms with Crippen molar-refractivity contribution in [3.63, 3.8) is 0 Å². The molecule has 0 aliphatic carbocycles. The first-order valence-electron chi connectivity index (χ1n) is 10.6. The molecule has 0 saturated heterocycles. The molecule has 33 heavy (non-hydrogen) atoms. The minimum absolute atomic E-state index is 0.104. The fourth-order valence-corrected chi connectivity index (χ4v) is 6.60. The second kappa shape index (κ2) is 8.68. The summed E-state index contributed by atoms with van der Waals surface area (Å²) < 4.78 is 6.98. The van der Waals surface area contributed by atoms with Crippen LogP contribution in [0.25, 0.3) is 5.69 Å². The number of aryl methyl sites for hydroxylation is 2. The Hall–Kier alpha value is -3.10. The monoisotopic (exact) mass is 477 g/mol. The van der Waals surface area contributed by atoms with Gasteiger partial charge in [0.05, 0.1) is 12.2 Å². The summed E-state index contributed by atoms with van der Waals surface area (Å²) in [5, 5.41) is 4.00. The van der Waals surface area contributed by atoms with Crippen molar-refractivity contribution in [2.75, 3.05) is 7.05 Å². The van der Waals surface area contributed by atoms with Crippen molar-refractivity contribution in [2.24, 2.45) is 0 Å². The van der Waals surface area contributed by atoms with Gasteiger partial charge in [-0.15, -0.1) is 23.1 Å². The summed E-state index contributed by atoms with van der Waals surface area (Å²) >= 11 is 3.55. The molecule has 0 bridgehead atoms. The highest BCUT2D eigenvalue weighted by Crippen LogP contribution is 2.46. The zero-order valence-electron chi connectivity index (χ0n) is 18.6. The number of amides is 1.